The highest BCUT2D eigenvalue weighted by atomic mass is 16.6. The van der Waals surface area contributed by atoms with Gasteiger partial charge in [0.15, 0.2) is 0 Å². The summed E-state index contributed by atoms with van der Waals surface area (Å²) in [5.41, 5.74) is 1.21. The first-order valence-corrected chi connectivity index (χ1v) is 14.6. The Morgan fingerprint density at radius 3 is 1.79 bits per heavy atom. The van der Waals surface area contributed by atoms with Crippen LogP contribution in [0.15, 0.2) is 30.3 Å². The molecule has 0 radical (unpaired) electrons. The second kappa shape index (κ2) is 18.9. The van der Waals surface area contributed by atoms with E-state index < -0.39 is 0 Å². The monoisotopic (exact) mass is 472 g/mol. The van der Waals surface area contributed by atoms with E-state index in [-0.39, 0.29) is 24.1 Å². The molecule has 2 rings (SSSR count). The normalized spacial score (nSPS) is 18.5. The molecule has 3 heteroatoms. The Hall–Kier alpha value is -1.35. The molecule has 3 atom stereocenters. The summed E-state index contributed by atoms with van der Waals surface area (Å²) in [5, 5.41) is 0. The van der Waals surface area contributed by atoms with Crippen molar-refractivity contribution in [3.63, 3.8) is 0 Å². The summed E-state index contributed by atoms with van der Waals surface area (Å²) in [4.78, 5) is 11.7. The van der Waals surface area contributed by atoms with Crippen LogP contribution >= 0.6 is 0 Å². The minimum Gasteiger partial charge on any atom is -0.461 e. The smallest absolute Gasteiger partial charge is 0.313 e. The number of esters is 1. The number of benzene rings is 1. The molecule has 194 valence electrons. The van der Waals surface area contributed by atoms with Crippen LogP contribution in [0.2, 0.25) is 0 Å². The van der Waals surface area contributed by atoms with E-state index in [0.29, 0.717) is 6.61 Å². The van der Waals surface area contributed by atoms with Crippen LogP contribution in [-0.4, -0.2) is 18.2 Å². The standard InChI is InChI=1S/C31H52O3/c1-3-5-6-7-8-9-10-11-12-13-14-15-16-17-21-24-28(25-30-29(4-2)31(32)34-30)33-26-27-22-19-18-20-23-27/h18-20,22-23,28-30H,3-17,21,24-26H2,1-2H3/t28-,29-,30-/m1/s1. The van der Waals surface area contributed by atoms with Crippen molar-refractivity contribution in [3.8, 4) is 0 Å². The fourth-order valence-corrected chi connectivity index (χ4v) is 5.10. The summed E-state index contributed by atoms with van der Waals surface area (Å²) in [5.74, 6) is 0.0465. The first kappa shape index (κ1) is 28.9. The molecule has 1 aromatic rings. The zero-order chi connectivity index (χ0) is 24.3. The van der Waals surface area contributed by atoms with Crippen LogP contribution in [-0.2, 0) is 20.9 Å². The SMILES string of the molecule is CCCCCCCCCCCCCCCCC[C@H](C[C@H]1OC(=O)[C@@H]1CC)OCc1ccccc1. The Balaban J connectivity index is 1.50. The number of carbonyl (C=O) groups excluding carboxylic acids is 1. The molecule has 0 aromatic heterocycles. The van der Waals surface area contributed by atoms with E-state index in [9.17, 15) is 4.79 Å². The second-order valence-corrected chi connectivity index (χ2v) is 10.4. The second-order valence-electron chi connectivity index (χ2n) is 10.4. The molecule has 1 aromatic carbocycles. The molecule has 0 amide bonds. The maximum Gasteiger partial charge on any atom is 0.313 e. The van der Waals surface area contributed by atoms with Gasteiger partial charge >= 0.3 is 5.97 Å². The Morgan fingerprint density at radius 2 is 1.29 bits per heavy atom. The van der Waals surface area contributed by atoms with Crippen molar-refractivity contribution in [2.45, 2.75) is 148 Å². The average Bonchev–Trinajstić information content (AvgIpc) is 2.85. The molecular weight excluding hydrogens is 420 g/mol. The van der Waals surface area contributed by atoms with Crippen molar-refractivity contribution in [1.82, 2.24) is 0 Å². The van der Waals surface area contributed by atoms with Crippen molar-refractivity contribution in [2.75, 3.05) is 0 Å². The van der Waals surface area contributed by atoms with E-state index in [0.717, 1.165) is 19.3 Å². The summed E-state index contributed by atoms with van der Waals surface area (Å²) in [6.45, 7) is 5.00. The summed E-state index contributed by atoms with van der Waals surface area (Å²) in [6.07, 6.45) is 23.8. The highest BCUT2D eigenvalue weighted by Crippen LogP contribution is 2.31. The van der Waals surface area contributed by atoms with Gasteiger partial charge in [-0.05, 0) is 18.4 Å². The zero-order valence-electron chi connectivity index (χ0n) is 22.3. The van der Waals surface area contributed by atoms with Crippen LogP contribution in [0, 0.1) is 5.92 Å². The van der Waals surface area contributed by atoms with E-state index in [1.807, 2.05) is 6.07 Å². The summed E-state index contributed by atoms with van der Waals surface area (Å²) < 4.78 is 11.7. The van der Waals surface area contributed by atoms with Gasteiger partial charge in [-0.3, -0.25) is 4.79 Å². The van der Waals surface area contributed by atoms with Crippen LogP contribution in [0.1, 0.15) is 135 Å². The Labute approximate surface area is 210 Å². The zero-order valence-corrected chi connectivity index (χ0v) is 22.3. The third kappa shape index (κ3) is 12.4. The van der Waals surface area contributed by atoms with Gasteiger partial charge in [-0.2, -0.15) is 0 Å². The molecule has 1 aliphatic heterocycles. The van der Waals surface area contributed by atoms with E-state index >= 15 is 0 Å². The molecule has 0 N–H and O–H groups in total. The Bertz CT molecular complexity index is 614. The average molecular weight is 473 g/mol. The van der Waals surface area contributed by atoms with Gasteiger partial charge in [-0.25, -0.2) is 0 Å². The van der Waals surface area contributed by atoms with Gasteiger partial charge in [-0.1, -0.05) is 140 Å². The largest absolute Gasteiger partial charge is 0.461 e. The lowest BCUT2D eigenvalue weighted by atomic mass is 9.89. The van der Waals surface area contributed by atoms with Crippen molar-refractivity contribution < 1.29 is 14.3 Å². The molecule has 0 aliphatic carbocycles. The van der Waals surface area contributed by atoms with Gasteiger partial charge in [0.05, 0.1) is 18.6 Å². The number of hydrogen-bond donors (Lipinski definition) is 0. The lowest BCUT2D eigenvalue weighted by molar-refractivity contribution is -0.189. The molecular formula is C31H52O3. The van der Waals surface area contributed by atoms with Crippen LogP contribution in [0.5, 0.6) is 0 Å². The van der Waals surface area contributed by atoms with Crippen molar-refractivity contribution in [2.24, 2.45) is 5.92 Å². The lowest BCUT2D eigenvalue weighted by Crippen LogP contribution is -2.46. The number of cyclic esters (lactones) is 1. The fraction of sp³-hybridized carbons (Fsp3) is 0.774. The topological polar surface area (TPSA) is 35.5 Å². The molecule has 0 bridgehead atoms. The van der Waals surface area contributed by atoms with Crippen LogP contribution in [0.25, 0.3) is 0 Å². The minimum atomic E-state index is -0.0266. The number of unbranched alkanes of at least 4 members (excludes halogenated alkanes) is 14. The number of hydrogen-bond acceptors (Lipinski definition) is 3. The van der Waals surface area contributed by atoms with Crippen LogP contribution in [0.3, 0.4) is 0 Å². The summed E-state index contributed by atoms with van der Waals surface area (Å²) >= 11 is 0. The quantitative estimate of drug-likeness (QED) is 0.125. The van der Waals surface area contributed by atoms with E-state index in [2.05, 4.69) is 38.1 Å². The number of carbonyl (C=O) groups is 1. The number of ether oxygens (including phenoxy) is 2. The van der Waals surface area contributed by atoms with Crippen molar-refractivity contribution >= 4 is 5.97 Å². The van der Waals surface area contributed by atoms with Gasteiger partial charge in [0.1, 0.15) is 6.10 Å². The lowest BCUT2D eigenvalue weighted by Gasteiger charge is -2.36. The van der Waals surface area contributed by atoms with E-state index in [1.165, 1.54) is 102 Å². The molecule has 1 fully saturated rings. The van der Waals surface area contributed by atoms with Crippen LogP contribution < -0.4 is 0 Å². The first-order valence-electron chi connectivity index (χ1n) is 14.6. The maximum absolute atomic E-state index is 11.7. The van der Waals surface area contributed by atoms with Gasteiger partial charge in [0.2, 0.25) is 0 Å². The van der Waals surface area contributed by atoms with Crippen molar-refractivity contribution in [1.29, 1.82) is 0 Å². The van der Waals surface area contributed by atoms with Gasteiger partial charge in [0.25, 0.3) is 0 Å². The third-order valence-corrected chi connectivity index (χ3v) is 7.41. The number of rotatable bonds is 22. The van der Waals surface area contributed by atoms with Crippen LogP contribution in [0.4, 0.5) is 0 Å². The highest BCUT2D eigenvalue weighted by molar-refractivity contribution is 5.78. The van der Waals surface area contributed by atoms with Gasteiger partial charge < -0.3 is 9.47 Å². The molecule has 3 nitrogen and oxygen atoms in total. The molecule has 1 saturated heterocycles. The first-order chi connectivity index (χ1) is 16.7. The van der Waals surface area contributed by atoms with Gasteiger partial charge in [0, 0.05) is 6.42 Å². The molecule has 0 saturated carbocycles. The predicted octanol–water partition coefficient (Wildman–Crippen LogP) is 9.18. The van der Waals surface area contributed by atoms with Crippen molar-refractivity contribution in [3.05, 3.63) is 35.9 Å². The Kier molecular flexibility index (Phi) is 16.1. The molecule has 1 heterocycles. The van der Waals surface area contributed by atoms with E-state index in [4.69, 9.17) is 9.47 Å². The Morgan fingerprint density at radius 1 is 0.765 bits per heavy atom. The summed E-state index contributed by atoms with van der Waals surface area (Å²) in [7, 11) is 0. The molecule has 1 aliphatic rings. The predicted molar refractivity (Wildman–Crippen MR) is 143 cm³/mol. The fourth-order valence-electron chi connectivity index (χ4n) is 5.10. The maximum atomic E-state index is 11.7. The third-order valence-electron chi connectivity index (χ3n) is 7.41. The van der Waals surface area contributed by atoms with E-state index in [1.54, 1.807) is 0 Å². The molecule has 34 heavy (non-hydrogen) atoms. The van der Waals surface area contributed by atoms with Gasteiger partial charge in [-0.15, -0.1) is 0 Å². The minimum absolute atomic E-state index is 0.0266. The molecule has 0 unspecified atom stereocenters. The molecule has 0 spiro atoms. The highest BCUT2D eigenvalue weighted by Gasteiger charge is 2.41. The summed E-state index contributed by atoms with van der Waals surface area (Å²) in [6, 6.07) is 10.4.